The molecule has 0 saturated heterocycles. The molecule has 0 bridgehead atoms. The van der Waals surface area contributed by atoms with Crippen LogP contribution in [0, 0.1) is 19.3 Å². The number of hydrogen-bond donors (Lipinski definition) is 2. The molecule has 1 aromatic rings. The lowest BCUT2D eigenvalue weighted by atomic mass is 9.90. The zero-order chi connectivity index (χ0) is 13.9. The highest BCUT2D eigenvalue weighted by Gasteiger charge is 2.17. The summed E-state index contributed by atoms with van der Waals surface area (Å²) in [4.78, 5) is 4.91. The van der Waals surface area contributed by atoms with E-state index in [0.29, 0.717) is 4.99 Å². The Balaban J connectivity index is 3.04. The Bertz CT molecular complexity index is 453. The fourth-order valence-corrected chi connectivity index (χ4v) is 1.98. The molecular weight excluding hydrogens is 242 g/mol. The van der Waals surface area contributed by atoms with Gasteiger partial charge in [-0.3, -0.25) is 0 Å². The minimum atomic E-state index is 0.229. The fourth-order valence-electron chi connectivity index (χ4n) is 1.72. The van der Waals surface area contributed by atoms with Gasteiger partial charge in [-0.2, -0.15) is 0 Å². The van der Waals surface area contributed by atoms with Crippen molar-refractivity contribution in [2.45, 2.75) is 41.0 Å². The van der Waals surface area contributed by atoms with Gasteiger partial charge < -0.3 is 11.1 Å². The molecule has 0 atom stereocenters. The molecule has 4 heteroatoms. The van der Waals surface area contributed by atoms with E-state index in [9.17, 15) is 0 Å². The number of pyridine rings is 1. The van der Waals surface area contributed by atoms with Crippen molar-refractivity contribution in [3.05, 3.63) is 22.9 Å². The van der Waals surface area contributed by atoms with Gasteiger partial charge in [-0.25, -0.2) is 4.98 Å². The number of nitrogens with two attached hydrogens (primary N) is 1. The van der Waals surface area contributed by atoms with Crippen LogP contribution in [0.1, 0.15) is 44.0 Å². The molecule has 1 heterocycles. The maximum atomic E-state index is 5.79. The molecule has 3 N–H and O–H groups in total. The highest BCUT2D eigenvalue weighted by Crippen LogP contribution is 2.23. The minimum absolute atomic E-state index is 0.229. The number of hydrogen-bond acceptors (Lipinski definition) is 3. The van der Waals surface area contributed by atoms with Crippen LogP contribution in [-0.2, 0) is 0 Å². The Labute approximate surface area is 115 Å². The number of thiocarbonyl (C=S) groups is 1. The average molecular weight is 265 g/mol. The van der Waals surface area contributed by atoms with Crippen LogP contribution in [0.2, 0.25) is 0 Å². The summed E-state index contributed by atoms with van der Waals surface area (Å²) in [6.07, 6.45) is 1.10. The van der Waals surface area contributed by atoms with E-state index < -0.39 is 0 Å². The van der Waals surface area contributed by atoms with Gasteiger partial charge in [0.15, 0.2) is 0 Å². The summed E-state index contributed by atoms with van der Waals surface area (Å²) in [7, 11) is 0. The van der Waals surface area contributed by atoms with Crippen LogP contribution in [0.25, 0.3) is 0 Å². The lowest BCUT2D eigenvalue weighted by molar-refractivity contribution is 0.376. The van der Waals surface area contributed by atoms with Crippen molar-refractivity contribution in [3.63, 3.8) is 0 Å². The number of anilines is 1. The van der Waals surface area contributed by atoms with Crippen molar-refractivity contribution < 1.29 is 0 Å². The van der Waals surface area contributed by atoms with Gasteiger partial charge in [0, 0.05) is 12.2 Å². The Morgan fingerprint density at radius 3 is 2.56 bits per heavy atom. The third-order valence-corrected chi connectivity index (χ3v) is 3.49. The van der Waals surface area contributed by atoms with Crippen LogP contribution >= 0.6 is 12.2 Å². The molecule has 3 nitrogen and oxygen atoms in total. The average Bonchev–Trinajstić information content (AvgIpc) is 2.25. The van der Waals surface area contributed by atoms with Crippen molar-refractivity contribution in [3.8, 4) is 0 Å². The van der Waals surface area contributed by atoms with Crippen molar-refractivity contribution in [1.82, 2.24) is 4.98 Å². The van der Waals surface area contributed by atoms with Crippen LogP contribution in [0.3, 0.4) is 0 Å². The molecule has 0 aromatic carbocycles. The maximum absolute atomic E-state index is 5.79. The molecular formula is C14H23N3S. The molecule has 0 unspecified atom stereocenters. The van der Waals surface area contributed by atoms with Gasteiger partial charge in [-0.05, 0) is 37.3 Å². The summed E-state index contributed by atoms with van der Waals surface area (Å²) < 4.78 is 0. The van der Waals surface area contributed by atoms with E-state index in [1.54, 1.807) is 0 Å². The van der Waals surface area contributed by atoms with E-state index in [0.717, 1.165) is 35.6 Å². The molecule has 0 aliphatic carbocycles. The molecule has 0 aliphatic heterocycles. The first-order valence-electron chi connectivity index (χ1n) is 6.29. The highest BCUT2D eigenvalue weighted by atomic mass is 32.1. The van der Waals surface area contributed by atoms with Gasteiger partial charge in [0.2, 0.25) is 0 Å². The first kappa shape index (κ1) is 14.9. The van der Waals surface area contributed by atoms with Crippen LogP contribution in [0.4, 0.5) is 5.82 Å². The minimum Gasteiger partial charge on any atom is -0.389 e. The SMILES string of the molecule is CCC(C)(C)CNc1nc(C)cc(C)c1C(N)=S. The second-order valence-corrected chi connectivity index (χ2v) is 5.98. The molecule has 0 spiro atoms. The van der Waals surface area contributed by atoms with E-state index in [1.165, 1.54) is 0 Å². The topological polar surface area (TPSA) is 50.9 Å². The monoisotopic (exact) mass is 265 g/mol. The predicted octanol–water partition coefficient (Wildman–Crippen LogP) is 3.18. The first-order valence-corrected chi connectivity index (χ1v) is 6.69. The van der Waals surface area contributed by atoms with E-state index in [4.69, 9.17) is 18.0 Å². The van der Waals surface area contributed by atoms with Gasteiger partial charge in [-0.1, -0.05) is 33.0 Å². The van der Waals surface area contributed by atoms with Gasteiger partial charge in [-0.15, -0.1) is 0 Å². The zero-order valence-electron chi connectivity index (χ0n) is 11.9. The summed E-state index contributed by atoms with van der Waals surface area (Å²) in [5.41, 5.74) is 8.93. The van der Waals surface area contributed by atoms with Gasteiger partial charge in [0.05, 0.1) is 5.56 Å². The Hall–Kier alpha value is -1.16. The first-order chi connectivity index (χ1) is 8.26. The third-order valence-electron chi connectivity index (χ3n) is 3.28. The molecule has 100 valence electrons. The second kappa shape index (κ2) is 5.65. The molecule has 0 radical (unpaired) electrons. The van der Waals surface area contributed by atoms with Gasteiger partial charge in [0.1, 0.15) is 10.8 Å². The molecule has 0 amide bonds. The number of aryl methyl sites for hydroxylation is 2. The highest BCUT2D eigenvalue weighted by molar-refractivity contribution is 7.80. The molecule has 0 saturated carbocycles. The fraction of sp³-hybridized carbons (Fsp3) is 0.571. The van der Waals surface area contributed by atoms with Crippen molar-refractivity contribution in [2.24, 2.45) is 11.1 Å². The Morgan fingerprint density at radius 2 is 2.06 bits per heavy atom. The molecule has 18 heavy (non-hydrogen) atoms. The lowest BCUT2D eigenvalue weighted by Gasteiger charge is -2.24. The van der Waals surface area contributed by atoms with Crippen LogP contribution in [-0.4, -0.2) is 16.5 Å². The quantitative estimate of drug-likeness (QED) is 0.803. The number of nitrogens with zero attached hydrogens (tertiary/aromatic N) is 1. The number of rotatable bonds is 5. The zero-order valence-corrected chi connectivity index (χ0v) is 12.7. The van der Waals surface area contributed by atoms with Crippen molar-refractivity contribution in [1.29, 1.82) is 0 Å². The molecule has 1 rings (SSSR count). The van der Waals surface area contributed by atoms with Crippen LogP contribution in [0.15, 0.2) is 6.07 Å². The summed E-state index contributed by atoms with van der Waals surface area (Å²) in [6, 6.07) is 2.00. The van der Waals surface area contributed by atoms with Gasteiger partial charge in [0.25, 0.3) is 0 Å². The Kier molecular flexibility index (Phi) is 4.68. The molecule has 0 aliphatic rings. The predicted molar refractivity (Wildman–Crippen MR) is 82.2 cm³/mol. The Morgan fingerprint density at radius 1 is 1.44 bits per heavy atom. The largest absolute Gasteiger partial charge is 0.389 e. The standard InChI is InChI=1S/C14H23N3S/c1-6-14(4,5)8-16-13-11(12(15)18)9(2)7-10(3)17-13/h7H,6,8H2,1-5H3,(H2,15,18)(H,16,17). The van der Waals surface area contributed by atoms with E-state index in [1.807, 2.05) is 19.9 Å². The van der Waals surface area contributed by atoms with E-state index in [-0.39, 0.29) is 5.41 Å². The van der Waals surface area contributed by atoms with Gasteiger partial charge >= 0.3 is 0 Å². The van der Waals surface area contributed by atoms with Crippen LogP contribution in [0.5, 0.6) is 0 Å². The van der Waals surface area contributed by atoms with Crippen molar-refractivity contribution >= 4 is 23.0 Å². The summed E-state index contributed by atoms with van der Waals surface area (Å²) in [6.45, 7) is 11.5. The lowest BCUT2D eigenvalue weighted by Crippen LogP contribution is -2.25. The van der Waals surface area contributed by atoms with Crippen molar-refractivity contribution in [2.75, 3.05) is 11.9 Å². The number of aromatic nitrogens is 1. The normalized spacial score (nSPS) is 11.4. The summed E-state index contributed by atoms with van der Waals surface area (Å²) in [5.74, 6) is 0.807. The smallest absolute Gasteiger partial charge is 0.136 e. The van der Waals surface area contributed by atoms with Crippen LogP contribution < -0.4 is 11.1 Å². The van der Waals surface area contributed by atoms with E-state index >= 15 is 0 Å². The maximum Gasteiger partial charge on any atom is 0.136 e. The number of nitrogens with one attached hydrogen (secondary N) is 1. The molecule has 0 fully saturated rings. The third kappa shape index (κ3) is 3.67. The summed E-state index contributed by atoms with van der Waals surface area (Å²) >= 11 is 5.11. The molecule has 1 aromatic heterocycles. The van der Waals surface area contributed by atoms with E-state index in [2.05, 4.69) is 31.1 Å². The summed E-state index contributed by atoms with van der Waals surface area (Å²) in [5, 5.41) is 3.39. The second-order valence-electron chi connectivity index (χ2n) is 5.54.